The van der Waals surface area contributed by atoms with Gasteiger partial charge in [0.05, 0.1) is 6.54 Å². The fourth-order valence-corrected chi connectivity index (χ4v) is 1.94. The molecule has 18 heavy (non-hydrogen) atoms. The van der Waals surface area contributed by atoms with Gasteiger partial charge in [-0.15, -0.1) is 0 Å². The molecule has 0 atom stereocenters. The maximum atomic E-state index is 5.83. The minimum absolute atomic E-state index is 0.639. The van der Waals surface area contributed by atoms with Crippen molar-refractivity contribution in [1.29, 1.82) is 0 Å². The summed E-state index contributed by atoms with van der Waals surface area (Å²) in [7, 11) is 0. The van der Waals surface area contributed by atoms with Crippen LogP contribution in [0.2, 0.25) is 0 Å². The standard InChI is InChI=1S/C13H20N4O/c1-5-14-7-13-9(2)6-12(18-13)8-17-11(4)15-10(3)16-17/h6,14H,5,7-8H2,1-4H3. The van der Waals surface area contributed by atoms with Crippen molar-refractivity contribution in [2.75, 3.05) is 6.54 Å². The molecule has 0 amide bonds. The van der Waals surface area contributed by atoms with E-state index in [-0.39, 0.29) is 0 Å². The van der Waals surface area contributed by atoms with Crippen LogP contribution in [0.1, 0.15) is 35.7 Å². The van der Waals surface area contributed by atoms with E-state index in [9.17, 15) is 0 Å². The molecule has 0 saturated carbocycles. The SMILES string of the molecule is CCNCc1oc(Cn2nc(C)nc2C)cc1C. The van der Waals surface area contributed by atoms with Crippen molar-refractivity contribution in [3.8, 4) is 0 Å². The Hall–Kier alpha value is -1.62. The van der Waals surface area contributed by atoms with Gasteiger partial charge in [-0.3, -0.25) is 0 Å². The number of aromatic nitrogens is 3. The van der Waals surface area contributed by atoms with Crippen LogP contribution in [0.3, 0.4) is 0 Å². The van der Waals surface area contributed by atoms with Gasteiger partial charge >= 0.3 is 0 Å². The first-order chi connectivity index (χ1) is 8.60. The second-order valence-electron chi connectivity index (χ2n) is 4.46. The Morgan fingerprint density at radius 3 is 2.72 bits per heavy atom. The zero-order valence-corrected chi connectivity index (χ0v) is 11.4. The minimum Gasteiger partial charge on any atom is -0.462 e. The maximum Gasteiger partial charge on any atom is 0.147 e. The summed E-state index contributed by atoms with van der Waals surface area (Å²) in [6.45, 7) is 10.4. The highest BCUT2D eigenvalue weighted by molar-refractivity contribution is 5.20. The summed E-state index contributed by atoms with van der Waals surface area (Å²) in [6, 6.07) is 2.07. The molecule has 2 aromatic heterocycles. The van der Waals surface area contributed by atoms with Gasteiger partial charge in [0, 0.05) is 0 Å². The second kappa shape index (κ2) is 5.35. The molecular formula is C13H20N4O. The lowest BCUT2D eigenvalue weighted by Crippen LogP contribution is -2.11. The average Bonchev–Trinajstić information content (AvgIpc) is 2.80. The van der Waals surface area contributed by atoms with Crippen LogP contribution in [0.25, 0.3) is 0 Å². The van der Waals surface area contributed by atoms with Gasteiger partial charge in [0.25, 0.3) is 0 Å². The Kier molecular flexibility index (Phi) is 3.81. The van der Waals surface area contributed by atoms with Crippen LogP contribution in [0.15, 0.2) is 10.5 Å². The van der Waals surface area contributed by atoms with Crippen LogP contribution in [0, 0.1) is 20.8 Å². The number of nitrogens with one attached hydrogen (secondary N) is 1. The number of hydrogen-bond donors (Lipinski definition) is 1. The Morgan fingerprint density at radius 2 is 2.11 bits per heavy atom. The smallest absolute Gasteiger partial charge is 0.147 e. The molecule has 0 spiro atoms. The van der Waals surface area contributed by atoms with Crippen LogP contribution in [0.4, 0.5) is 0 Å². The molecule has 0 aliphatic carbocycles. The van der Waals surface area contributed by atoms with E-state index in [1.165, 1.54) is 5.56 Å². The van der Waals surface area contributed by atoms with Crippen LogP contribution in [0.5, 0.6) is 0 Å². The number of furan rings is 1. The van der Waals surface area contributed by atoms with Crippen molar-refractivity contribution in [1.82, 2.24) is 20.1 Å². The van der Waals surface area contributed by atoms with E-state index in [4.69, 9.17) is 4.42 Å². The topological polar surface area (TPSA) is 55.9 Å². The molecular weight excluding hydrogens is 228 g/mol. The molecule has 0 aliphatic rings. The molecule has 0 unspecified atom stereocenters. The Bertz CT molecular complexity index is 527. The minimum atomic E-state index is 0.639. The quantitative estimate of drug-likeness (QED) is 0.878. The summed E-state index contributed by atoms with van der Waals surface area (Å²) in [5.74, 6) is 3.63. The monoisotopic (exact) mass is 248 g/mol. The summed E-state index contributed by atoms with van der Waals surface area (Å²) in [5.41, 5.74) is 1.18. The Labute approximate surface area is 107 Å². The molecule has 2 heterocycles. The third kappa shape index (κ3) is 2.79. The number of hydrogen-bond acceptors (Lipinski definition) is 4. The molecule has 1 N–H and O–H groups in total. The first-order valence-electron chi connectivity index (χ1n) is 6.27. The molecule has 2 aromatic rings. The molecule has 0 aromatic carbocycles. The van der Waals surface area contributed by atoms with E-state index in [1.807, 2.05) is 18.5 Å². The van der Waals surface area contributed by atoms with Crippen LogP contribution >= 0.6 is 0 Å². The van der Waals surface area contributed by atoms with Crippen LogP contribution in [-0.4, -0.2) is 21.3 Å². The van der Waals surface area contributed by atoms with Crippen LogP contribution in [-0.2, 0) is 13.1 Å². The number of nitrogens with zero attached hydrogens (tertiary/aromatic N) is 3. The highest BCUT2D eigenvalue weighted by Gasteiger charge is 2.10. The van der Waals surface area contributed by atoms with Crippen LogP contribution < -0.4 is 5.32 Å². The first-order valence-corrected chi connectivity index (χ1v) is 6.27. The van der Waals surface area contributed by atoms with Crippen molar-refractivity contribution < 1.29 is 4.42 Å². The molecule has 98 valence electrons. The Morgan fingerprint density at radius 1 is 1.33 bits per heavy atom. The molecule has 2 rings (SSSR count). The third-order valence-corrected chi connectivity index (χ3v) is 2.88. The molecule has 0 saturated heterocycles. The molecule has 0 radical (unpaired) electrons. The van der Waals surface area contributed by atoms with E-state index in [2.05, 4.69) is 35.3 Å². The summed E-state index contributed by atoms with van der Waals surface area (Å²) >= 11 is 0. The number of aryl methyl sites for hydroxylation is 3. The van der Waals surface area contributed by atoms with Crippen molar-refractivity contribution in [2.45, 2.75) is 40.8 Å². The lowest BCUT2D eigenvalue weighted by Gasteiger charge is -2.00. The molecule has 5 heteroatoms. The fraction of sp³-hybridized carbons (Fsp3) is 0.538. The van der Waals surface area contributed by atoms with Gasteiger partial charge in [0.1, 0.15) is 29.7 Å². The molecule has 0 bridgehead atoms. The van der Waals surface area contributed by atoms with Gasteiger partial charge in [0.15, 0.2) is 0 Å². The number of rotatable bonds is 5. The van der Waals surface area contributed by atoms with Crippen molar-refractivity contribution in [2.24, 2.45) is 0 Å². The van der Waals surface area contributed by atoms with E-state index < -0.39 is 0 Å². The zero-order chi connectivity index (χ0) is 13.1. The largest absolute Gasteiger partial charge is 0.462 e. The summed E-state index contributed by atoms with van der Waals surface area (Å²) in [5, 5.41) is 7.61. The van der Waals surface area contributed by atoms with Gasteiger partial charge in [0.2, 0.25) is 0 Å². The zero-order valence-electron chi connectivity index (χ0n) is 11.4. The van der Waals surface area contributed by atoms with Crippen molar-refractivity contribution >= 4 is 0 Å². The third-order valence-electron chi connectivity index (χ3n) is 2.88. The lowest BCUT2D eigenvalue weighted by atomic mass is 10.2. The molecule has 0 aliphatic heterocycles. The highest BCUT2D eigenvalue weighted by Crippen LogP contribution is 2.15. The highest BCUT2D eigenvalue weighted by atomic mass is 16.3. The second-order valence-corrected chi connectivity index (χ2v) is 4.46. The van der Waals surface area contributed by atoms with E-state index in [0.717, 1.165) is 36.3 Å². The molecule has 0 fully saturated rings. The molecule has 5 nitrogen and oxygen atoms in total. The van der Waals surface area contributed by atoms with E-state index in [1.54, 1.807) is 0 Å². The predicted octanol–water partition coefficient (Wildman–Crippen LogP) is 1.95. The normalized spacial score (nSPS) is 11.1. The van der Waals surface area contributed by atoms with Gasteiger partial charge < -0.3 is 9.73 Å². The van der Waals surface area contributed by atoms with E-state index >= 15 is 0 Å². The van der Waals surface area contributed by atoms with Gasteiger partial charge in [-0.25, -0.2) is 9.67 Å². The summed E-state index contributed by atoms with van der Waals surface area (Å²) < 4.78 is 7.70. The fourth-order valence-electron chi connectivity index (χ4n) is 1.94. The summed E-state index contributed by atoms with van der Waals surface area (Å²) in [6.07, 6.45) is 0. The Balaban J connectivity index is 2.12. The first kappa shape index (κ1) is 12.8. The van der Waals surface area contributed by atoms with Gasteiger partial charge in [-0.05, 0) is 38.9 Å². The van der Waals surface area contributed by atoms with E-state index in [0.29, 0.717) is 6.54 Å². The van der Waals surface area contributed by atoms with Crippen molar-refractivity contribution in [3.63, 3.8) is 0 Å². The maximum absolute atomic E-state index is 5.83. The van der Waals surface area contributed by atoms with Gasteiger partial charge in [-0.1, -0.05) is 6.92 Å². The predicted molar refractivity (Wildman–Crippen MR) is 69.4 cm³/mol. The van der Waals surface area contributed by atoms with Gasteiger partial charge in [-0.2, -0.15) is 5.10 Å². The summed E-state index contributed by atoms with van der Waals surface area (Å²) in [4.78, 5) is 4.28. The lowest BCUT2D eigenvalue weighted by molar-refractivity contribution is 0.428. The average molecular weight is 248 g/mol. The van der Waals surface area contributed by atoms with Crippen molar-refractivity contribution in [3.05, 3.63) is 34.8 Å².